The Morgan fingerprint density at radius 1 is 1.27 bits per heavy atom. The molecule has 0 unspecified atom stereocenters. The highest BCUT2D eigenvalue weighted by Gasteiger charge is 2.20. The molecule has 0 atom stereocenters. The number of rotatable bonds is 2. The van der Waals surface area contributed by atoms with Gasteiger partial charge in [0.1, 0.15) is 0 Å². The summed E-state index contributed by atoms with van der Waals surface area (Å²) in [6, 6.07) is 8.02. The SMILES string of the molecule is Nc1ccccc1C1CCN(C=O)CC1. The second-order valence-electron chi connectivity index (χ2n) is 4.04. The van der Waals surface area contributed by atoms with Crippen LogP contribution in [0.3, 0.4) is 0 Å². The van der Waals surface area contributed by atoms with Crippen molar-refractivity contribution < 1.29 is 4.79 Å². The molecule has 0 aliphatic carbocycles. The number of nitrogens with two attached hydrogens (primary N) is 1. The number of anilines is 1. The number of likely N-dealkylation sites (tertiary alicyclic amines) is 1. The van der Waals surface area contributed by atoms with Crippen LogP contribution in [0.25, 0.3) is 0 Å². The first-order chi connectivity index (χ1) is 7.31. The minimum atomic E-state index is 0.516. The molecule has 0 saturated carbocycles. The zero-order chi connectivity index (χ0) is 10.7. The Balaban J connectivity index is 2.07. The molecule has 1 aromatic carbocycles. The molecular formula is C12H16N2O. The van der Waals surface area contributed by atoms with Crippen molar-refractivity contribution in [3.63, 3.8) is 0 Å². The van der Waals surface area contributed by atoms with Gasteiger partial charge in [0, 0.05) is 18.8 Å². The predicted molar refractivity (Wildman–Crippen MR) is 60.5 cm³/mol. The molecule has 1 aliphatic rings. The van der Waals surface area contributed by atoms with E-state index >= 15 is 0 Å². The summed E-state index contributed by atoms with van der Waals surface area (Å²) in [5.74, 6) is 0.516. The molecule has 1 saturated heterocycles. The van der Waals surface area contributed by atoms with Crippen molar-refractivity contribution in [2.75, 3.05) is 18.8 Å². The second-order valence-corrected chi connectivity index (χ2v) is 4.04. The Bertz CT molecular complexity index is 343. The predicted octanol–water partition coefficient (Wildman–Crippen LogP) is 1.60. The molecule has 1 heterocycles. The summed E-state index contributed by atoms with van der Waals surface area (Å²) in [4.78, 5) is 12.4. The fourth-order valence-corrected chi connectivity index (χ4v) is 2.20. The van der Waals surface area contributed by atoms with E-state index in [0.717, 1.165) is 38.0 Å². The number of hydrogen-bond donors (Lipinski definition) is 1. The topological polar surface area (TPSA) is 46.3 Å². The summed E-state index contributed by atoms with van der Waals surface area (Å²) in [6.07, 6.45) is 2.98. The Morgan fingerprint density at radius 2 is 1.93 bits per heavy atom. The van der Waals surface area contributed by atoms with Crippen LogP contribution in [-0.4, -0.2) is 24.4 Å². The highest BCUT2D eigenvalue weighted by molar-refractivity contribution is 5.50. The number of amides is 1. The minimum Gasteiger partial charge on any atom is -0.398 e. The summed E-state index contributed by atoms with van der Waals surface area (Å²) >= 11 is 0. The van der Waals surface area contributed by atoms with Crippen molar-refractivity contribution in [1.82, 2.24) is 4.90 Å². The van der Waals surface area contributed by atoms with E-state index in [1.165, 1.54) is 5.56 Å². The number of nitrogen functional groups attached to an aromatic ring is 1. The third-order valence-electron chi connectivity index (χ3n) is 3.11. The molecule has 0 bridgehead atoms. The van der Waals surface area contributed by atoms with Crippen molar-refractivity contribution in [2.24, 2.45) is 0 Å². The van der Waals surface area contributed by atoms with Crippen molar-refractivity contribution in [3.8, 4) is 0 Å². The highest BCUT2D eigenvalue weighted by atomic mass is 16.1. The standard InChI is InChI=1S/C12H16N2O/c13-12-4-2-1-3-11(12)10-5-7-14(9-15)8-6-10/h1-4,9-10H,5-8,13H2. The molecule has 3 nitrogen and oxygen atoms in total. The summed E-state index contributed by atoms with van der Waals surface area (Å²) in [7, 11) is 0. The van der Waals surface area contributed by atoms with Gasteiger partial charge in [0.2, 0.25) is 6.41 Å². The lowest BCUT2D eigenvalue weighted by Crippen LogP contribution is -2.31. The normalized spacial score (nSPS) is 17.7. The van der Waals surface area contributed by atoms with Crippen LogP contribution in [0.15, 0.2) is 24.3 Å². The second kappa shape index (κ2) is 4.34. The van der Waals surface area contributed by atoms with Crippen LogP contribution >= 0.6 is 0 Å². The molecule has 1 amide bonds. The summed E-state index contributed by atoms with van der Waals surface area (Å²) in [5.41, 5.74) is 8.05. The molecule has 1 fully saturated rings. The van der Waals surface area contributed by atoms with Gasteiger partial charge in [0.15, 0.2) is 0 Å². The van der Waals surface area contributed by atoms with E-state index < -0.39 is 0 Å². The summed E-state index contributed by atoms with van der Waals surface area (Å²) in [5, 5.41) is 0. The molecule has 0 aromatic heterocycles. The molecule has 1 aliphatic heterocycles. The quantitative estimate of drug-likeness (QED) is 0.587. The van der Waals surface area contributed by atoms with E-state index in [0.29, 0.717) is 5.92 Å². The number of benzene rings is 1. The maximum Gasteiger partial charge on any atom is 0.209 e. The number of nitrogens with zero attached hydrogens (tertiary/aromatic N) is 1. The molecular weight excluding hydrogens is 188 g/mol. The average molecular weight is 204 g/mol. The van der Waals surface area contributed by atoms with E-state index in [2.05, 4.69) is 6.07 Å². The number of para-hydroxylation sites is 1. The summed E-state index contributed by atoms with van der Waals surface area (Å²) < 4.78 is 0. The van der Waals surface area contributed by atoms with Crippen LogP contribution in [0, 0.1) is 0 Å². The van der Waals surface area contributed by atoms with Gasteiger partial charge in [0.05, 0.1) is 0 Å². The van der Waals surface area contributed by atoms with Crippen LogP contribution in [0.4, 0.5) is 5.69 Å². The Hall–Kier alpha value is -1.51. The van der Waals surface area contributed by atoms with E-state index in [1.807, 2.05) is 23.1 Å². The Kier molecular flexibility index (Phi) is 2.90. The van der Waals surface area contributed by atoms with E-state index in [-0.39, 0.29) is 0 Å². The third-order valence-corrected chi connectivity index (χ3v) is 3.11. The largest absolute Gasteiger partial charge is 0.398 e. The van der Waals surface area contributed by atoms with Gasteiger partial charge in [-0.25, -0.2) is 0 Å². The first kappa shape index (κ1) is 10.0. The molecule has 2 rings (SSSR count). The lowest BCUT2D eigenvalue weighted by atomic mass is 9.88. The van der Waals surface area contributed by atoms with Crippen LogP contribution in [-0.2, 0) is 4.79 Å². The van der Waals surface area contributed by atoms with Gasteiger partial charge >= 0.3 is 0 Å². The number of carbonyl (C=O) groups excluding carboxylic acids is 1. The third kappa shape index (κ3) is 2.12. The molecule has 15 heavy (non-hydrogen) atoms. The van der Waals surface area contributed by atoms with E-state index in [4.69, 9.17) is 5.73 Å². The lowest BCUT2D eigenvalue weighted by molar-refractivity contribution is -0.119. The molecule has 80 valence electrons. The lowest BCUT2D eigenvalue weighted by Gasteiger charge is -2.29. The Labute approximate surface area is 89.9 Å². The molecule has 0 spiro atoms. The number of piperidine rings is 1. The first-order valence-electron chi connectivity index (χ1n) is 5.35. The van der Waals surface area contributed by atoms with Crippen LogP contribution in [0.5, 0.6) is 0 Å². The van der Waals surface area contributed by atoms with Gasteiger partial charge in [0.25, 0.3) is 0 Å². The van der Waals surface area contributed by atoms with Gasteiger partial charge in [-0.2, -0.15) is 0 Å². The van der Waals surface area contributed by atoms with Crippen LogP contribution < -0.4 is 5.73 Å². The molecule has 2 N–H and O–H groups in total. The van der Waals surface area contributed by atoms with Crippen LogP contribution in [0.1, 0.15) is 24.3 Å². The van der Waals surface area contributed by atoms with Gasteiger partial charge in [-0.15, -0.1) is 0 Å². The first-order valence-corrected chi connectivity index (χ1v) is 5.35. The average Bonchev–Trinajstić information content (AvgIpc) is 2.30. The Morgan fingerprint density at radius 3 is 2.53 bits per heavy atom. The number of hydrogen-bond acceptors (Lipinski definition) is 2. The molecule has 1 aromatic rings. The van der Waals surface area contributed by atoms with Gasteiger partial charge in [-0.05, 0) is 30.4 Å². The molecule has 0 radical (unpaired) electrons. The summed E-state index contributed by atoms with van der Waals surface area (Å²) in [6.45, 7) is 1.70. The zero-order valence-electron chi connectivity index (χ0n) is 8.73. The van der Waals surface area contributed by atoms with Crippen molar-refractivity contribution >= 4 is 12.1 Å². The van der Waals surface area contributed by atoms with Crippen molar-refractivity contribution in [3.05, 3.63) is 29.8 Å². The smallest absolute Gasteiger partial charge is 0.209 e. The minimum absolute atomic E-state index is 0.516. The molecule has 3 heteroatoms. The van der Waals surface area contributed by atoms with Crippen LogP contribution in [0.2, 0.25) is 0 Å². The van der Waals surface area contributed by atoms with Gasteiger partial charge in [-0.3, -0.25) is 4.79 Å². The van der Waals surface area contributed by atoms with Crippen molar-refractivity contribution in [2.45, 2.75) is 18.8 Å². The number of carbonyl (C=O) groups is 1. The highest BCUT2D eigenvalue weighted by Crippen LogP contribution is 2.30. The fourth-order valence-electron chi connectivity index (χ4n) is 2.20. The maximum absolute atomic E-state index is 10.6. The zero-order valence-corrected chi connectivity index (χ0v) is 8.73. The van der Waals surface area contributed by atoms with Gasteiger partial charge < -0.3 is 10.6 Å². The fraction of sp³-hybridized carbons (Fsp3) is 0.417. The van der Waals surface area contributed by atoms with E-state index in [1.54, 1.807) is 0 Å². The monoisotopic (exact) mass is 204 g/mol. The maximum atomic E-state index is 10.6. The van der Waals surface area contributed by atoms with E-state index in [9.17, 15) is 4.79 Å². The van der Waals surface area contributed by atoms with Crippen molar-refractivity contribution in [1.29, 1.82) is 0 Å². The van der Waals surface area contributed by atoms with Gasteiger partial charge in [-0.1, -0.05) is 18.2 Å².